The van der Waals surface area contributed by atoms with E-state index in [1.165, 1.54) is 0 Å². The molecule has 1 heterocycles. The predicted molar refractivity (Wildman–Crippen MR) is 54.7 cm³/mol. The minimum Gasteiger partial charge on any atom is -0.388 e. The van der Waals surface area contributed by atoms with Gasteiger partial charge in [0.1, 0.15) is 0 Å². The number of rotatable bonds is 1. The fraction of sp³-hybridized carbons (Fsp3) is 0.111. The van der Waals surface area contributed by atoms with E-state index in [2.05, 4.69) is 15.3 Å². The van der Waals surface area contributed by atoms with Crippen molar-refractivity contribution in [1.82, 2.24) is 9.97 Å². The largest absolute Gasteiger partial charge is 0.388 e. The number of H-pyrrole nitrogens is 2. The first-order valence-corrected chi connectivity index (χ1v) is 4.15. The van der Waals surface area contributed by atoms with Crippen LogP contribution >= 0.6 is 0 Å². The van der Waals surface area contributed by atoms with Crippen LogP contribution in [0.2, 0.25) is 0 Å². The van der Waals surface area contributed by atoms with Crippen molar-refractivity contribution < 1.29 is 0 Å². The smallest absolute Gasteiger partial charge is 0.314 e. The molecule has 0 radical (unpaired) electrons. The van der Waals surface area contributed by atoms with Crippen molar-refractivity contribution in [2.75, 3.05) is 12.4 Å². The van der Waals surface area contributed by atoms with E-state index in [0.717, 1.165) is 5.69 Å². The van der Waals surface area contributed by atoms with Crippen molar-refractivity contribution >= 4 is 16.7 Å². The molecule has 2 aromatic rings. The van der Waals surface area contributed by atoms with Gasteiger partial charge >= 0.3 is 11.1 Å². The minimum atomic E-state index is -0.634. The van der Waals surface area contributed by atoms with Crippen molar-refractivity contribution in [3.8, 4) is 0 Å². The Labute approximate surface area is 78.8 Å². The van der Waals surface area contributed by atoms with Gasteiger partial charge in [-0.15, -0.1) is 0 Å². The molecule has 0 bridgehead atoms. The van der Waals surface area contributed by atoms with Gasteiger partial charge in [-0.05, 0) is 18.2 Å². The van der Waals surface area contributed by atoms with Crippen LogP contribution in [0.5, 0.6) is 0 Å². The average molecular weight is 191 g/mol. The van der Waals surface area contributed by atoms with Gasteiger partial charge in [0.2, 0.25) is 0 Å². The molecule has 0 amide bonds. The van der Waals surface area contributed by atoms with Gasteiger partial charge in [0.05, 0.1) is 11.0 Å². The fourth-order valence-electron chi connectivity index (χ4n) is 1.27. The minimum absolute atomic E-state index is 0.612. The maximum atomic E-state index is 11.0. The summed E-state index contributed by atoms with van der Waals surface area (Å²) in [6, 6.07) is 5.31. The lowest BCUT2D eigenvalue weighted by atomic mass is 10.2. The van der Waals surface area contributed by atoms with Crippen LogP contribution in [-0.2, 0) is 0 Å². The molecule has 5 heteroatoms. The van der Waals surface area contributed by atoms with Gasteiger partial charge in [0.15, 0.2) is 0 Å². The number of hydrogen-bond donors (Lipinski definition) is 3. The summed E-state index contributed by atoms with van der Waals surface area (Å²) >= 11 is 0. The summed E-state index contributed by atoms with van der Waals surface area (Å²) in [5, 5.41) is 2.94. The lowest BCUT2D eigenvalue weighted by Gasteiger charge is -2.01. The van der Waals surface area contributed by atoms with E-state index >= 15 is 0 Å². The molecule has 2 rings (SSSR count). The molecule has 1 aromatic carbocycles. The molecule has 5 nitrogen and oxygen atoms in total. The number of anilines is 1. The van der Waals surface area contributed by atoms with Crippen molar-refractivity contribution in [2.24, 2.45) is 0 Å². The summed E-state index contributed by atoms with van der Waals surface area (Å²) in [6.45, 7) is 0. The second-order valence-electron chi connectivity index (χ2n) is 2.92. The second-order valence-corrected chi connectivity index (χ2v) is 2.92. The molecule has 14 heavy (non-hydrogen) atoms. The third-order valence-corrected chi connectivity index (χ3v) is 2.01. The van der Waals surface area contributed by atoms with Crippen molar-refractivity contribution in [2.45, 2.75) is 0 Å². The molecule has 0 aliphatic carbocycles. The van der Waals surface area contributed by atoms with E-state index in [1.807, 2.05) is 6.07 Å². The zero-order valence-electron chi connectivity index (χ0n) is 7.55. The molecule has 0 atom stereocenters. The fourth-order valence-corrected chi connectivity index (χ4v) is 1.27. The molecule has 0 spiro atoms. The molecule has 72 valence electrons. The zero-order valence-corrected chi connectivity index (χ0v) is 7.55. The Morgan fingerprint density at radius 3 is 2.36 bits per heavy atom. The highest BCUT2D eigenvalue weighted by Gasteiger charge is 1.99. The standard InChI is InChI=1S/C9H9N3O2/c1-10-5-2-3-6-7(4-5)12-9(14)8(13)11-6/h2-4,10H,1H3,(H,11,13)(H,12,14). The van der Waals surface area contributed by atoms with Crippen LogP contribution in [0, 0.1) is 0 Å². The number of aromatic nitrogens is 2. The van der Waals surface area contributed by atoms with Crippen LogP contribution in [-0.4, -0.2) is 17.0 Å². The van der Waals surface area contributed by atoms with Crippen LogP contribution in [0.1, 0.15) is 0 Å². The highest BCUT2D eigenvalue weighted by molar-refractivity contribution is 5.77. The summed E-state index contributed by atoms with van der Waals surface area (Å²) < 4.78 is 0. The number of hydrogen-bond acceptors (Lipinski definition) is 3. The Kier molecular flexibility index (Phi) is 1.85. The van der Waals surface area contributed by atoms with E-state index in [0.29, 0.717) is 11.0 Å². The Hall–Kier alpha value is -2.04. The second kappa shape index (κ2) is 3.02. The van der Waals surface area contributed by atoms with Gasteiger partial charge in [0.25, 0.3) is 0 Å². The van der Waals surface area contributed by atoms with Crippen LogP contribution in [0.3, 0.4) is 0 Å². The van der Waals surface area contributed by atoms with Crippen LogP contribution in [0.4, 0.5) is 5.69 Å². The molecule has 0 unspecified atom stereocenters. The van der Waals surface area contributed by atoms with Crippen LogP contribution < -0.4 is 16.4 Å². The molecular formula is C9H9N3O2. The quantitative estimate of drug-likeness (QED) is 0.566. The predicted octanol–water partition coefficient (Wildman–Crippen LogP) is 0.258. The highest BCUT2D eigenvalue weighted by Crippen LogP contribution is 2.12. The van der Waals surface area contributed by atoms with Gasteiger partial charge in [-0.1, -0.05) is 0 Å². The van der Waals surface area contributed by atoms with E-state index in [9.17, 15) is 9.59 Å². The van der Waals surface area contributed by atoms with Gasteiger partial charge in [0, 0.05) is 12.7 Å². The number of fused-ring (bicyclic) bond motifs is 1. The number of nitrogens with one attached hydrogen (secondary N) is 3. The molecule has 0 aliphatic rings. The molecule has 0 saturated carbocycles. The highest BCUT2D eigenvalue weighted by atomic mass is 16.2. The summed E-state index contributed by atoms with van der Waals surface area (Å²) in [5.41, 5.74) is 0.843. The Morgan fingerprint density at radius 2 is 1.71 bits per heavy atom. The van der Waals surface area contributed by atoms with Crippen molar-refractivity contribution in [1.29, 1.82) is 0 Å². The monoisotopic (exact) mass is 191 g/mol. The van der Waals surface area contributed by atoms with E-state index < -0.39 is 11.1 Å². The Balaban J connectivity index is 2.83. The summed E-state index contributed by atoms with van der Waals surface area (Å²) in [6.07, 6.45) is 0. The lowest BCUT2D eigenvalue weighted by Crippen LogP contribution is -2.28. The molecule has 0 fully saturated rings. The maximum Gasteiger partial charge on any atom is 0.314 e. The number of benzene rings is 1. The van der Waals surface area contributed by atoms with Gasteiger partial charge in [-0.3, -0.25) is 9.59 Å². The van der Waals surface area contributed by atoms with E-state index in [4.69, 9.17) is 0 Å². The molecular weight excluding hydrogens is 182 g/mol. The van der Waals surface area contributed by atoms with Gasteiger partial charge in [-0.2, -0.15) is 0 Å². The maximum absolute atomic E-state index is 11.0. The van der Waals surface area contributed by atoms with E-state index in [-0.39, 0.29) is 0 Å². The average Bonchev–Trinajstić information content (AvgIpc) is 2.19. The topological polar surface area (TPSA) is 77.8 Å². The molecule has 1 aromatic heterocycles. The van der Waals surface area contributed by atoms with Crippen LogP contribution in [0.25, 0.3) is 11.0 Å². The third-order valence-electron chi connectivity index (χ3n) is 2.01. The molecule has 3 N–H and O–H groups in total. The third kappa shape index (κ3) is 1.28. The first-order valence-electron chi connectivity index (χ1n) is 4.15. The molecule has 0 aliphatic heterocycles. The number of aromatic amines is 2. The normalized spacial score (nSPS) is 10.4. The zero-order chi connectivity index (χ0) is 10.1. The van der Waals surface area contributed by atoms with Crippen molar-refractivity contribution in [3.63, 3.8) is 0 Å². The SMILES string of the molecule is CNc1ccc2[nH]c(=O)c(=O)[nH]c2c1. The summed E-state index contributed by atoms with van der Waals surface area (Å²) in [7, 11) is 1.78. The summed E-state index contributed by atoms with van der Waals surface area (Å²) in [5.74, 6) is 0. The Morgan fingerprint density at radius 1 is 1.07 bits per heavy atom. The molecule has 0 saturated heterocycles. The van der Waals surface area contributed by atoms with Gasteiger partial charge < -0.3 is 15.3 Å². The first kappa shape index (κ1) is 8.55. The van der Waals surface area contributed by atoms with Crippen LogP contribution in [0.15, 0.2) is 27.8 Å². The lowest BCUT2D eigenvalue weighted by molar-refractivity contribution is 1.15. The van der Waals surface area contributed by atoms with E-state index in [1.54, 1.807) is 19.2 Å². The van der Waals surface area contributed by atoms with Crippen molar-refractivity contribution in [3.05, 3.63) is 38.9 Å². The van der Waals surface area contributed by atoms with Gasteiger partial charge in [-0.25, -0.2) is 0 Å². The first-order chi connectivity index (χ1) is 6.70. The Bertz CT molecular complexity index is 582. The summed E-state index contributed by atoms with van der Waals surface area (Å²) in [4.78, 5) is 27.0.